The van der Waals surface area contributed by atoms with Crippen molar-refractivity contribution in [2.75, 3.05) is 26.2 Å². The van der Waals surface area contributed by atoms with Crippen molar-refractivity contribution in [3.63, 3.8) is 0 Å². The average molecular weight is 157 g/mol. The van der Waals surface area contributed by atoms with Gasteiger partial charge < -0.3 is 10.0 Å². The predicted octanol–water partition coefficient (Wildman–Crippen LogP) is 0.957. The molecule has 0 unspecified atom stereocenters. The van der Waals surface area contributed by atoms with Crippen LogP contribution in [0, 0.1) is 11.8 Å². The summed E-state index contributed by atoms with van der Waals surface area (Å²) in [6.45, 7) is 8.49. The van der Waals surface area contributed by atoms with Crippen LogP contribution in [0.3, 0.4) is 0 Å². The molecule has 2 nitrogen and oxygen atoms in total. The van der Waals surface area contributed by atoms with E-state index in [0.717, 1.165) is 24.8 Å². The topological polar surface area (TPSA) is 23.5 Å². The maximum atomic E-state index is 8.58. The van der Waals surface area contributed by atoms with Gasteiger partial charge in [0, 0.05) is 26.2 Å². The Morgan fingerprint density at radius 1 is 1.45 bits per heavy atom. The molecule has 0 radical (unpaired) electrons. The van der Waals surface area contributed by atoms with Crippen LogP contribution in [0.5, 0.6) is 0 Å². The van der Waals surface area contributed by atoms with Crippen LogP contribution >= 0.6 is 0 Å². The molecule has 1 saturated heterocycles. The number of hydrogen-bond acceptors (Lipinski definition) is 2. The first-order valence-corrected chi connectivity index (χ1v) is 4.57. The summed E-state index contributed by atoms with van der Waals surface area (Å²) in [5.41, 5.74) is 0. The third-order valence-electron chi connectivity index (χ3n) is 2.56. The summed E-state index contributed by atoms with van der Waals surface area (Å²) in [6.07, 6.45) is 0.935. The number of aliphatic hydroxyl groups is 1. The van der Waals surface area contributed by atoms with Crippen LogP contribution in [0.25, 0.3) is 0 Å². The van der Waals surface area contributed by atoms with Crippen molar-refractivity contribution in [3.8, 4) is 0 Å². The molecule has 0 bridgehead atoms. The Kier molecular flexibility index (Phi) is 3.34. The van der Waals surface area contributed by atoms with Crippen molar-refractivity contribution in [1.82, 2.24) is 4.90 Å². The standard InChI is InChI=1S/C9H19NO/c1-8(2)9-6-10(7-9)4-3-5-11/h8-9,11H,3-7H2,1-2H3. The molecule has 0 saturated carbocycles. The first-order chi connectivity index (χ1) is 5.24. The molecular weight excluding hydrogens is 138 g/mol. The van der Waals surface area contributed by atoms with Crippen molar-refractivity contribution in [2.24, 2.45) is 11.8 Å². The van der Waals surface area contributed by atoms with E-state index in [4.69, 9.17) is 5.11 Å². The van der Waals surface area contributed by atoms with E-state index in [0.29, 0.717) is 6.61 Å². The predicted molar refractivity (Wildman–Crippen MR) is 46.5 cm³/mol. The van der Waals surface area contributed by atoms with E-state index < -0.39 is 0 Å². The minimum atomic E-state index is 0.336. The monoisotopic (exact) mass is 157 g/mol. The van der Waals surface area contributed by atoms with E-state index in [1.165, 1.54) is 13.1 Å². The maximum Gasteiger partial charge on any atom is 0.0443 e. The average Bonchev–Trinajstić information content (AvgIpc) is 1.84. The lowest BCUT2D eigenvalue weighted by molar-refractivity contribution is 0.0625. The van der Waals surface area contributed by atoms with E-state index in [1.54, 1.807) is 0 Å². The van der Waals surface area contributed by atoms with E-state index in [1.807, 2.05) is 0 Å². The van der Waals surface area contributed by atoms with Gasteiger partial charge in [0.15, 0.2) is 0 Å². The van der Waals surface area contributed by atoms with Crippen molar-refractivity contribution < 1.29 is 5.11 Å². The second kappa shape index (κ2) is 4.07. The Balaban J connectivity index is 2.00. The van der Waals surface area contributed by atoms with Gasteiger partial charge in [0.1, 0.15) is 0 Å². The zero-order chi connectivity index (χ0) is 8.27. The van der Waals surface area contributed by atoms with Crippen molar-refractivity contribution >= 4 is 0 Å². The molecule has 0 aromatic rings. The van der Waals surface area contributed by atoms with Gasteiger partial charge in [-0.3, -0.25) is 0 Å². The van der Waals surface area contributed by atoms with Crippen molar-refractivity contribution in [3.05, 3.63) is 0 Å². The van der Waals surface area contributed by atoms with Gasteiger partial charge in [-0.05, 0) is 18.3 Å². The summed E-state index contributed by atoms with van der Waals surface area (Å²) in [6, 6.07) is 0. The molecule has 1 heterocycles. The summed E-state index contributed by atoms with van der Waals surface area (Å²) in [5.74, 6) is 1.74. The number of aliphatic hydroxyl groups excluding tert-OH is 1. The normalized spacial score (nSPS) is 20.7. The Hall–Kier alpha value is -0.0800. The Labute approximate surface area is 69.2 Å². The highest BCUT2D eigenvalue weighted by atomic mass is 16.3. The van der Waals surface area contributed by atoms with Gasteiger partial charge in [-0.25, -0.2) is 0 Å². The fraction of sp³-hybridized carbons (Fsp3) is 1.00. The molecule has 66 valence electrons. The van der Waals surface area contributed by atoms with Gasteiger partial charge in [-0.1, -0.05) is 13.8 Å². The highest BCUT2D eigenvalue weighted by Gasteiger charge is 2.27. The smallest absolute Gasteiger partial charge is 0.0443 e. The van der Waals surface area contributed by atoms with Crippen LogP contribution in [-0.4, -0.2) is 36.2 Å². The molecule has 1 aliphatic heterocycles. The summed E-state index contributed by atoms with van der Waals surface area (Å²) < 4.78 is 0. The molecule has 2 heteroatoms. The van der Waals surface area contributed by atoms with Gasteiger partial charge in [0.05, 0.1) is 0 Å². The lowest BCUT2D eigenvalue weighted by Crippen LogP contribution is -2.49. The number of hydrogen-bond donors (Lipinski definition) is 1. The van der Waals surface area contributed by atoms with Crippen LogP contribution in [0.2, 0.25) is 0 Å². The molecule has 1 N–H and O–H groups in total. The van der Waals surface area contributed by atoms with Crippen molar-refractivity contribution in [1.29, 1.82) is 0 Å². The third-order valence-corrected chi connectivity index (χ3v) is 2.56. The number of nitrogens with zero attached hydrogens (tertiary/aromatic N) is 1. The number of rotatable bonds is 4. The number of likely N-dealkylation sites (tertiary alicyclic amines) is 1. The van der Waals surface area contributed by atoms with Crippen LogP contribution in [0.4, 0.5) is 0 Å². The van der Waals surface area contributed by atoms with Gasteiger partial charge in [-0.15, -0.1) is 0 Å². The Morgan fingerprint density at radius 2 is 2.09 bits per heavy atom. The molecule has 1 rings (SSSR count). The minimum Gasteiger partial charge on any atom is -0.396 e. The molecular formula is C9H19NO. The minimum absolute atomic E-state index is 0.336. The summed E-state index contributed by atoms with van der Waals surface area (Å²) in [4.78, 5) is 2.42. The lowest BCUT2D eigenvalue weighted by Gasteiger charge is -2.41. The summed E-state index contributed by atoms with van der Waals surface area (Å²) >= 11 is 0. The van der Waals surface area contributed by atoms with E-state index in [9.17, 15) is 0 Å². The summed E-state index contributed by atoms with van der Waals surface area (Å²) in [5, 5.41) is 8.58. The maximum absolute atomic E-state index is 8.58. The highest BCUT2D eigenvalue weighted by molar-refractivity contribution is 4.81. The lowest BCUT2D eigenvalue weighted by atomic mass is 9.88. The molecule has 1 aliphatic rings. The molecule has 11 heavy (non-hydrogen) atoms. The van der Waals surface area contributed by atoms with Gasteiger partial charge in [0.25, 0.3) is 0 Å². The molecule has 0 amide bonds. The van der Waals surface area contributed by atoms with Gasteiger partial charge in [-0.2, -0.15) is 0 Å². The van der Waals surface area contributed by atoms with E-state index >= 15 is 0 Å². The fourth-order valence-electron chi connectivity index (χ4n) is 1.51. The van der Waals surface area contributed by atoms with E-state index in [2.05, 4.69) is 18.7 Å². The van der Waals surface area contributed by atoms with Crippen molar-refractivity contribution in [2.45, 2.75) is 20.3 Å². The largest absolute Gasteiger partial charge is 0.396 e. The second-order valence-corrected chi connectivity index (χ2v) is 3.84. The second-order valence-electron chi connectivity index (χ2n) is 3.84. The Bertz CT molecular complexity index is 108. The first kappa shape index (κ1) is 9.01. The molecule has 1 fully saturated rings. The molecule has 0 atom stereocenters. The molecule has 0 aromatic carbocycles. The van der Waals surface area contributed by atoms with Crippen LogP contribution in [0.15, 0.2) is 0 Å². The van der Waals surface area contributed by atoms with Crippen LogP contribution in [-0.2, 0) is 0 Å². The highest BCUT2D eigenvalue weighted by Crippen LogP contribution is 2.22. The Morgan fingerprint density at radius 3 is 2.55 bits per heavy atom. The zero-order valence-electron chi connectivity index (χ0n) is 7.58. The van der Waals surface area contributed by atoms with E-state index in [-0.39, 0.29) is 0 Å². The molecule has 0 aromatic heterocycles. The van der Waals surface area contributed by atoms with Crippen LogP contribution in [0.1, 0.15) is 20.3 Å². The first-order valence-electron chi connectivity index (χ1n) is 4.57. The zero-order valence-corrected chi connectivity index (χ0v) is 7.58. The molecule has 0 spiro atoms. The molecule has 0 aliphatic carbocycles. The third kappa shape index (κ3) is 2.46. The fourth-order valence-corrected chi connectivity index (χ4v) is 1.51. The summed E-state index contributed by atoms with van der Waals surface area (Å²) in [7, 11) is 0. The SMILES string of the molecule is CC(C)C1CN(CCCO)C1. The van der Waals surface area contributed by atoms with Gasteiger partial charge >= 0.3 is 0 Å². The van der Waals surface area contributed by atoms with Crippen LogP contribution < -0.4 is 0 Å². The quantitative estimate of drug-likeness (QED) is 0.657. The van der Waals surface area contributed by atoms with Gasteiger partial charge in [0.2, 0.25) is 0 Å².